The second-order valence-corrected chi connectivity index (χ2v) is 6.90. The summed E-state index contributed by atoms with van der Waals surface area (Å²) in [6, 6.07) is 12.5. The van der Waals surface area contributed by atoms with Crippen molar-refractivity contribution in [2.24, 2.45) is 10.9 Å². The van der Waals surface area contributed by atoms with Gasteiger partial charge in [0.15, 0.2) is 5.96 Å². The molecule has 4 nitrogen and oxygen atoms in total. The lowest BCUT2D eigenvalue weighted by Crippen LogP contribution is -2.40. The first-order valence-electron chi connectivity index (χ1n) is 8.31. The van der Waals surface area contributed by atoms with Crippen molar-refractivity contribution in [3.8, 4) is 5.75 Å². The minimum absolute atomic E-state index is 0.570. The summed E-state index contributed by atoms with van der Waals surface area (Å²) in [6.45, 7) is 4.01. The van der Waals surface area contributed by atoms with E-state index >= 15 is 0 Å². The summed E-state index contributed by atoms with van der Waals surface area (Å²) in [6.07, 6.45) is 2.04. The number of thiophene rings is 1. The molecular weight excluding hydrogens is 318 g/mol. The number of aliphatic imine (C=N–C) groups is 1. The highest BCUT2D eigenvalue weighted by molar-refractivity contribution is 7.09. The number of rotatable bonds is 8. The van der Waals surface area contributed by atoms with Gasteiger partial charge < -0.3 is 15.4 Å². The van der Waals surface area contributed by atoms with Gasteiger partial charge in [-0.25, -0.2) is 0 Å². The zero-order valence-corrected chi connectivity index (χ0v) is 15.5. The average molecular weight is 346 g/mol. The first-order valence-corrected chi connectivity index (χ1v) is 9.19. The summed E-state index contributed by atoms with van der Waals surface area (Å²) < 4.78 is 5.26. The minimum Gasteiger partial charge on any atom is -0.497 e. The maximum atomic E-state index is 5.26. The predicted molar refractivity (Wildman–Crippen MR) is 103 cm³/mol. The number of benzene rings is 1. The molecule has 0 radical (unpaired) electrons. The van der Waals surface area contributed by atoms with Crippen LogP contribution >= 0.6 is 11.3 Å². The van der Waals surface area contributed by atoms with Gasteiger partial charge in [0.25, 0.3) is 0 Å². The van der Waals surface area contributed by atoms with Crippen molar-refractivity contribution in [1.82, 2.24) is 10.6 Å². The molecule has 0 aliphatic heterocycles. The number of methoxy groups -OCH3 is 1. The van der Waals surface area contributed by atoms with Crippen molar-refractivity contribution in [3.05, 3.63) is 52.2 Å². The van der Waals surface area contributed by atoms with Crippen molar-refractivity contribution >= 4 is 17.3 Å². The van der Waals surface area contributed by atoms with Crippen LogP contribution in [0.4, 0.5) is 0 Å². The summed E-state index contributed by atoms with van der Waals surface area (Å²) in [4.78, 5) is 5.73. The molecule has 0 bridgehead atoms. The van der Waals surface area contributed by atoms with Gasteiger partial charge in [0, 0.05) is 25.0 Å². The van der Waals surface area contributed by atoms with E-state index in [4.69, 9.17) is 4.74 Å². The Hall–Kier alpha value is -2.01. The second-order valence-electron chi connectivity index (χ2n) is 5.87. The lowest BCUT2D eigenvalue weighted by Gasteiger charge is -2.15. The molecule has 0 spiro atoms. The maximum Gasteiger partial charge on any atom is 0.190 e. The second kappa shape index (κ2) is 9.98. The number of nitrogens with zero attached hydrogens (tertiary/aromatic N) is 1. The highest BCUT2D eigenvalue weighted by Crippen LogP contribution is 2.14. The fourth-order valence-electron chi connectivity index (χ4n) is 2.49. The third-order valence-corrected chi connectivity index (χ3v) is 4.71. The number of ether oxygens (including phenoxy) is 1. The largest absolute Gasteiger partial charge is 0.497 e. The molecule has 1 aromatic heterocycles. The molecule has 2 N–H and O–H groups in total. The zero-order valence-electron chi connectivity index (χ0n) is 14.7. The van der Waals surface area contributed by atoms with Gasteiger partial charge in [-0.3, -0.25) is 4.99 Å². The maximum absolute atomic E-state index is 5.26. The molecular formula is C19H27N3OS. The molecule has 0 aliphatic rings. The summed E-state index contributed by atoms with van der Waals surface area (Å²) in [5, 5.41) is 8.91. The smallest absolute Gasteiger partial charge is 0.190 e. The van der Waals surface area contributed by atoms with Crippen LogP contribution in [0.3, 0.4) is 0 Å². The van der Waals surface area contributed by atoms with Crippen LogP contribution < -0.4 is 15.4 Å². The lowest BCUT2D eigenvalue weighted by molar-refractivity contribution is 0.414. The van der Waals surface area contributed by atoms with Crippen LogP contribution in [-0.2, 0) is 12.8 Å². The monoisotopic (exact) mass is 345 g/mol. The van der Waals surface area contributed by atoms with Crippen molar-refractivity contribution < 1.29 is 4.74 Å². The normalized spacial score (nSPS) is 12.7. The van der Waals surface area contributed by atoms with Crippen LogP contribution in [0.1, 0.15) is 17.4 Å². The first-order chi connectivity index (χ1) is 11.7. The molecule has 24 heavy (non-hydrogen) atoms. The third kappa shape index (κ3) is 6.24. The minimum atomic E-state index is 0.570. The molecule has 2 aromatic rings. The van der Waals surface area contributed by atoms with E-state index in [1.54, 1.807) is 7.11 Å². The van der Waals surface area contributed by atoms with Crippen LogP contribution in [0.2, 0.25) is 0 Å². The summed E-state index contributed by atoms with van der Waals surface area (Å²) in [7, 11) is 3.51. The molecule has 0 saturated heterocycles. The van der Waals surface area contributed by atoms with Crippen molar-refractivity contribution in [3.63, 3.8) is 0 Å². The molecule has 0 amide bonds. The molecule has 0 fully saturated rings. The van der Waals surface area contributed by atoms with E-state index in [9.17, 15) is 0 Å². The van der Waals surface area contributed by atoms with Crippen molar-refractivity contribution in [1.29, 1.82) is 0 Å². The quantitative estimate of drug-likeness (QED) is 0.570. The molecule has 0 aliphatic carbocycles. The van der Waals surface area contributed by atoms with Gasteiger partial charge in [-0.2, -0.15) is 0 Å². The SMILES string of the molecule is CN=C(NCCc1cccc(OC)c1)NCC(C)Cc1cccs1. The van der Waals surface area contributed by atoms with Gasteiger partial charge in [-0.1, -0.05) is 25.1 Å². The Labute approximate surface area is 149 Å². The fraction of sp³-hybridized carbons (Fsp3) is 0.421. The average Bonchev–Trinajstić information content (AvgIpc) is 3.11. The molecule has 1 unspecified atom stereocenters. The molecule has 0 saturated carbocycles. The van der Waals surface area contributed by atoms with Gasteiger partial charge in [-0.15, -0.1) is 11.3 Å². The molecule has 130 valence electrons. The van der Waals surface area contributed by atoms with Crippen LogP contribution in [0.25, 0.3) is 0 Å². The van der Waals surface area contributed by atoms with Crippen LogP contribution in [-0.4, -0.2) is 33.2 Å². The first kappa shape index (κ1) is 18.3. The van der Waals surface area contributed by atoms with Crippen LogP contribution in [0.5, 0.6) is 5.75 Å². The Kier molecular flexibility index (Phi) is 7.62. The molecule has 1 aromatic carbocycles. The Morgan fingerprint density at radius 2 is 2.12 bits per heavy atom. The van der Waals surface area contributed by atoms with Gasteiger partial charge in [-0.05, 0) is 47.9 Å². The Morgan fingerprint density at radius 1 is 1.25 bits per heavy atom. The highest BCUT2D eigenvalue weighted by Gasteiger charge is 2.06. The van der Waals surface area contributed by atoms with Gasteiger partial charge in [0.05, 0.1) is 7.11 Å². The van der Waals surface area contributed by atoms with Crippen LogP contribution in [0, 0.1) is 5.92 Å². The summed E-state index contributed by atoms with van der Waals surface area (Å²) in [5.41, 5.74) is 1.25. The summed E-state index contributed by atoms with van der Waals surface area (Å²) >= 11 is 1.82. The number of guanidine groups is 1. The van der Waals surface area contributed by atoms with Gasteiger partial charge in [0.2, 0.25) is 0 Å². The van der Waals surface area contributed by atoms with E-state index in [1.165, 1.54) is 10.4 Å². The Bertz CT molecular complexity index is 625. The van der Waals surface area contributed by atoms with Gasteiger partial charge in [0.1, 0.15) is 5.75 Å². The van der Waals surface area contributed by atoms with E-state index < -0.39 is 0 Å². The van der Waals surface area contributed by atoms with E-state index in [-0.39, 0.29) is 0 Å². The van der Waals surface area contributed by atoms with E-state index in [0.717, 1.165) is 37.6 Å². The van der Waals surface area contributed by atoms with Gasteiger partial charge >= 0.3 is 0 Å². The molecule has 1 heterocycles. The zero-order chi connectivity index (χ0) is 17.2. The Morgan fingerprint density at radius 3 is 2.83 bits per heavy atom. The molecule has 2 rings (SSSR count). The fourth-order valence-corrected chi connectivity index (χ4v) is 3.36. The topological polar surface area (TPSA) is 45.7 Å². The highest BCUT2D eigenvalue weighted by atomic mass is 32.1. The van der Waals surface area contributed by atoms with Crippen molar-refractivity contribution in [2.75, 3.05) is 27.2 Å². The third-order valence-electron chi connectivity index (χ3n) is 3.81. The standard InChI is InChI=1S/C19H27N3OS/c1-15(12-18-8-5-11-24-18)14-22-19(20-2)21-10-9-16-6-4-7-17(13-16)23-3/h4-8,11,13,15H,9-10,12,14H2,1-3H3,(H2,20,21,22). The Balaban J connectivity index is 1.70. The van der Waals surface area contributed by atoms with Crippen molar-refractivity contribution in [2.45, 2.75) is 19.8 Å². The summed E-state index contributed by atoms with van der Waals surface area (Å²) in [5.74, 6) is 2.33. The number of nitrogens with one attached hydrogen (secondary N) is 2. The van der Waals surface area contributed by atoms with E-state index in [1.807, 2.05) is 30.5 Å². The lowest BCUT2D eigenvalue weighted by atomic mass is 10.1. The van der Waals surface area contributed by atoms with E-state index in [0.29, 0.717) is 5.92 Å². The molecule has 1 atom stereocenters. The van der Waals surface area contributed by atoms with E-state index in [2.05, 4.69) is 52.2 Å². The molecule has 5 heteroatoms. The van der Waals surface area contributed by atoms with Crippen LogP contribution in [0.15, 0.2) is 46.8 Å². The predicted octanol–water partition coefficient (Wildman–Crippen LogP) is 3.34. The number of hydrogen-bond acceptors (Lipinski definition) is 3. The number of hydrogen-bond donors (Lipinski definition) is 2.